The van der Waals surface area contributed by atoms with Crippen molar-refractivity contribution in [1.29, 1.82) is 0 Å². The van der Waals surface area contributed by atoms with Crippen LogP contribution in [-0.4, -0.2) is 41.8 Å². The molecule has 0 amide bonds. The molecule has 0 aliphatic carbocycles. The number of ether oxygens (including phenoxy) is 1. The SMILES string of the molecule is [B][C@@H]1O[C@H](CI)C(O)[C@@H]1F. The molecule has 2 nitrogen and oxygen atoms in total. The van der Waals surface area contributed by atoms with Crippen LogP contribution in [0.5, 0.6) is 0 Å². The second kappa shape index (κ2) is 3.36. The lowest BCUT2D eigenvalue weighted by Gasteiger charge is -2.09. The zero-order valence-electron chi connectivity index (χ0n) is 5.21. The molecule has 1 saturated heterocycles. The van der Waals surface area contributed by atoms with E-state index in [1.807, 2.05) is 22.6 Å². The summed E-state index contributed by atoms with van der Waals surface area (Å²) in [5, 5.41) is 9.04. The van der Waals surface area contributed by atoms with E-state index < -0.39 is 24.4 Å². The molecule has 0 spiro atoms. The third kappa shape index (κ3) is 1.45. The van der Waals surface area contributed by atoms with E-state index in [9.17, 15) is 4.39 Å². The summed E-state index contributed by atoms with van der Waals surface area (Å²) in [6.07, 6.45) is -2.92. The largest absolute Gasteiger partial charge is 0.387 e. The molecule has 1 unspecified atom stereocenters. The zero-order valence-corrected chi connectivity index (χ0v) is 7.36. The number of rotatable bonds is 1. The van der Waals surface area contributed by atoms with Crippen LogP contribution in [0.2, 0.25) is 0 Å². The van der Waals surface area contributed by atoms with E-state index in [0.717, 1.165) is 0 Å². The van der Waals surface area contributed by atoms with Crippen molar-refractivity contribution in [2.75, 3.05) is 4.43 Å². The molecule has 0 aromatic heterocycles. The van der Waals surface area contributed by atoms with Crippen molar-refractivity contribution in [3.8, 4) is 0 Å². The molecule has 10 heavy (non-hydrogen) atoms. The maximum absolute atomic E-state index is 12.6. The van der Waals surface area contributed by atoms with Crippen molar-refractivity contribution in [3.63, 3.8) is 0 Å². The van der Waals surface area contributed by atoms with E-state index >= 15 is 0 Å². The van der Waals surface area contributed by atoms with Crippen LogP contribution in [0, 0.1) is 0 Å². The molecule has 0 bridgehead atoms. The number of hydrogen-bond donors (Lipinski definition) is 1. The number of alkyl halides is 2. The minimum Gasteiger partial charge on any atom is -0.387 e. The third-order valence-corrected chi connectivity index (χ3v) is 2.37. The van der Waals surface area contributed by atoms with Crippen LogP contribution >= 0.6 is 22.6 Å². The van der Waals surface area contributed by atoms with Gasteiger partial charge < -0.3 is 9.84 Å². The second-order valence-electron chi connectivity index (χ2n) is 2.23. The van der Waals surface area contributed by atoms with E-state index in [-0.39, 0.29) is 0 Å². The highest BCUT2D eigenvalue weighted by atomic mass is 127. The predicted octanol–water partition coefficient (Wildman–Crippen LogP) is 0.0138. The van der Waals surface area contributed by atoms with Crippen molar-refractivity contribution in [2.24, 2.45) is 0 Å². The van der Waals surface area contributed by atoms with Crippen LogP contribution in [0.1, 0.15) is 0 Å². The van der Waals surface area contributed by atoms with Crippen molar-refractivity contribution >= 4 is 30.4 Å². The molecule has 1 aliphatic rings. The Kier molecular flexibility index (Phi) is 2.94. The molecule has 5 heteroatoms. The summed E-state index contributed by atoms with van der Waals surface area (Å²) in [6, 6.07) is -0.949. The Morgan fingerprint density at radius 3 is 2.50 bits per heavy atom. The normalized spacial score (nSPS) is 47.9. The van der Waals surface area contributed by atoms with Gasteiger partial charge in [0.15, 0.2) is 0 Å². The first-order chi connectivity index (χ1) is 4.66. The molecule has 1 aliphatic heterocycles. The molecule has 1 N–H and O–H groups in total. The van der Waals surface area contributed by atoms with Crippen LogP contribution in [-0.2, 0) is 4.74 Å². The summed E-state index contributed by atoms with van der Waals surface area (Å²) in [5.74, 6) is 0. The van der Waals surface area contributed by atoms with Gasteiger partial charge in [0.1, 0.15) is 20.1 Å². The third-order valence-electron chi connectivity index (χ3n) is 1.51. The van der Waals surface area contributed by atoms with E-state index in [0.29, 0.717) is 4.43 Å². The van der Waals surface area contributed by atoms with Gasteiger partial charge in [-0.15, -0.1) is 0 Å². The highest BCUT2D eigenvalue weighted by Gasteiger charge is 2.40. The van der Waals surface area contributed by atoms with E-state index in [4.69, 9.17) is 17.7 Å². The summed E-state index contributed by atoms with van der Waals surface area (Å²) in [5.41, 5.74) is 0. The van der Waals surface area contributed by atoms with Crippen LogP contribution in [0.4, 0.5) is 4.39 Å². The van der Waals surface area contributed by atoms with E-state index in [1.54, 1.807) is 0 Å². The van der Waals surface area contributed by atoms with E-state index in [1.165, 1.54) is 0 Å². The Morgan fingerprint density at radius 1 is 1.70 bits per heavy atom. The quantitative estimate of drug-likeness (QED) is 0.407. The number of halogens is 2. The van der Waals surface area contributed by atoms with Gasteiger partial charge in [-0.3, -0.25) is 0 Å². The smallest absolute Gasteiger partial charge is 0.146 e. The van der Waals surface area contributed by atoms with Gasteiger partial charge in [0, 0.05) is 4.43 Å². The molecule has 1 fully saturated rings. The fourth-order valence-electron chi connectivity index (χ4n) is 0.884. The molecule has 2 radical (unpaired) electrons. The maximum Gasteiger partial charge on any atom is 0.146 e. The lowest BCUT2D eigenvalue weighted by molar-refractivity contribution is 0.0480. The Hall–Kier alpha value is 0.645. The molecule has 0 saturated carbocycles. The second-order valence-corrected chi connectivity index (χ2v) is 3.11. The highest BCUT2D eigenvalue weighted by molar-refractivity contribution is 14.1. The Morgan fingerprint density at radius 2 is 2.30 bits per heavy atom. The van der Waals surface area contributed by atoms with Gasteiger partial charge in [0.25, 0.3) is 0 Å². The summed E-state index contributed by atoms with van der Waals surface area (Å²) >= 11 is 2.02. The summed E-state index contributed by atoms with van der Waals surface area (Å²) < 4.78 is 18.1. The van der Waals surface area contributed by atoms with Crippen LogP contribution < -0.4 is 0 Å². The molecular weight excluding hydrogens is 249 g/mol. The van der Waals surface area contributed by atoms with Gasteiger partial charge >= 0.3 is 0 Å². The van der Waals surface area contributed by atoms with Gasteiger partial charge in [0.05, 0.1) is 12.1 Å². The number of aliphatic hydroxyl groups is 1. The van der Waals surface area contributed by atoms with Gasteiger partial charge in [-0.25, -0.2) is 4.39 Å². The summed E-state index contributed by atoms with van der Waals surface area (Å²) in [4.78, 5) is 0. The summed E-state index contributed by atoms with van der Waals surface area (Å²) in [6.45, 7) is 0. The van der Waals surface area contributed by atoms with E-state index in [2.05, 4.69) is 0 Å². The first-order valence-corrected chi connectivity index (χ1v) is 4.48. The van der Waals surface area contributed by atoms with Crippen molar-refractivity contribution in [2.45, 2.75) is 24.4 Å². The number of hydrogen-bond acceptors (Lipinski definition) is 2. The first kappa shape index (κ1) is 8.74. The zero-order chi connectivity index (χ0) is 7.72. The highest BCUT2D eigenvalue weighted by Crippen LogP contribution is 2.23. The van der Waals surface area contributed by atoms with Gasteiger partial charge in [-0.05, 0) is 0 Å². The lowest BCUT2D eigenvalue weighted by atomic mass is 9.94. The maximum atomic E-state index is 12.6. The average Bonchev–Trinajstić information content (AvgIpc) is 2.17. The van der Waals surface area contributed by atoms with Gasteiger partial charge in [-0.2, -0.15) is 0 Å². The lowest BCUT2D eigenvalue weighted by Crippen LogP contribution is -2.29. The Labute approximate surface area is 73.7 Å². The molecule has 1 heterocycles. The first-order valence-electron chi connectivity index (χ1n) is 2.96. The number of aliphatic hydroxyl groups excluding tert-OH is 1. The predicted molar refractivity (Wildman–Crippen MR) is 44.2 cm³/mol. The molecule has 0 aromatic carbocycles. The molecule has 56 valence electrons. The van der Waals surface area contributed by atoms with Crippen LogP contribution in [0.3, 0.4) is 0 Å². The topological polar surface area (TPSA) is 29.5 Å². The van der Waals surface area contributed by atoms with Crippen LogP contribution in [0.25, 0.3) is 0 Å². The van der Waals surface area contributed by atoms with Gasteiger partial charge in [-0.1, -0.05) is 22.6 Å². The monoisotopic (exact) mass is 256 g/mol. The minimum atomic E-state index is -1.43. The molecule has 0 aromatic rings. The standard InChI is InChI=1S/C5H7BFIO2/c6-5-3(7)4(9)2(1-8)10-5/h2-5,9H,1H2/t2-,3+,4?,5-/m1/s1. The molecule has 1 rings (SSSR count). The molecular formula is C5H7BFIO2. The molecule has 4 atom stereocenters. The van der Waals surface area contributed by atoms with Gasteiger partial charge in [0.2, 0.25) is 0 Å². The Balaban J connectivity index is 2.53. The van der Waals surface area contributed by atoms with Crippen molar-refractivity contribution in [1.82, 2.24) is 0 Å². The Bertz CT molecular complexity index is 126. The average molecular weight is 256 g/mol. The fraction of sp³-hybridized carbons (Fsp3) is 1.00. The van der Waals surface area contributed by atoms with Crippen molar-refractivity contribution in [3.05, 3.63) is 0 Å². The van der Waals surface area contributed by atoms with Crippen molar-refractivity contribution < 1.29 is 14.2 Å². The minimum absolute atomic E-state index is 0.439. The fourth-order valence-corrected chi connectivity index (χ4v) is 1.61. The van der Waals surface area contributed by atoms with Crippen LogP contribution in [0.15, 0.2) is 0 Å². The summed E-state index contributed by atoms with van der Waals surface area (Å²) in [7, 11) is 5.17.